The predicted octanol–water partition coefficient (Wildman–Crippen LogP) is 1.92. The van der Waals surface area contributed by atoms with Gasteiger partial charge in [0.25, 0.3) is 5.52 Å². The summed E-state index contributed by atoms with van der Waals surface area (Å²) in [5.74, 6) is 4.68. The molecule has 0 aliphatic carbocycles. The third-order valence-electron chi connectivity index (χ3n) is 4.49. The van der Waals surface area contributed by atoms with Crippen molar-refractivity contribution in [3.8, 4) is 17.8 Å². The van der Waals surface area contributed by atoms with E-state index in [0.717, 1.165) is 41.8 Å². The summed E-state index contributed by atoms with van der Waals surface area (Å²) in [6, 6.07) is 5.63. The quantitative estimate of drug-likeness (QED) is 0.557. The van der Waals surface area contributed by atoms with Crippen LogP contribution in [0.3, 0.4) is 0 Å². The van der Waals surface area contributed by atoms with Crippen molar-refractivity contribution in [2.24, 2.45) is 0 Å². The van der Waals surface area contributed by atoms with Crippen molar-refractivity contribution < 1.29 is 14.1 Å². The van der Waals surface area contributed by atoms with Gasteiger partial charge < -0.3 is 19.0 Å². The number of nitrogens with zero attached hydrogens (tertiary/aromatic N) is 4. The second-order valence-electron chi connectivity index (χ2n) is 6.01. The van der Waals surface area contributed by atoms with E-state index in [1.165, 1.54) is 12.7 Å². The van der Waals surface area contributed by atoms with Crippen LogP contribution in [0, 0.1) is 12.0 Å². The van der Waals surface area contributed by atoms with Crippen LogP contribution in [0.4, 0.5) is 5.82 Å². The highest BCUT2D eigenvalue weighted by molar-refractivity contribution is 5.83. The zero-order valence-electron chi connectivity index (χ0n) is 13.8. The minimum atomic E-state index is 0.0314. The van der Waals surface area contributed by atoms with E-state index in [0.29, 0.717) is 11.4 Å². The number of benzene rings is 1. The lowest BCUT2D eigenvalue weighted by Crippen LogP contribution is -2.29. The van der Waals surface area contributed by atoms with Crippen molar-refractivity contribution in [3.05, 3.63) is 37.2 Å². The summed E-state index contributed by atoms with van der Waals surface area (Å²) < 4.78 is 11.0. The number of H-pyrrole nitrogens is 2. The first-order valence-electron chi connectivity index (χ1n) is 8.36. The summed E-state index contributed by atoms with van der Waals surface area (Å²) in [4.78, 5) is 21.1. The fourth-order valence-corrected chi connectivity index (χ4v) is 3.28. The number of oxazole rings is 1. The second kappa shape index (κ2) is 6.04. The third-order valence-corrected chi connectivity index (χ3v) is 4.49. The smallest absolute Gasteiger partial charge is 0.333 e. The monoisotopic (exact) mass is 347 g/mol. The fraction of sp³-hybridized carbons (Fsp3) is 0.222. The van der Waals surface area contributed by atoms with Gasteiger partial charge in [-0.3, -0.25) is 0 Å². The molecule has 1 aliphatic heterocycles. The highest BCUT2D eigenvalue weighted by Gasteiger charge is 2.26. The van der Waals surface area contributed by atoms with Crippen LogP contribution in [0.25, 0.3) is 22.3 Å². The van der Waals surface area contributed by atoms with Gasteiger partial charge in [0, 0.05) is 6.54 Å². The van der Waals surface area contributed by atoms with Crippen LogP contribution >= 0.6 is 0 Å². The molecule has 26 heavy (non-hydrogen) atoms. The molecule has 0 amide bonds. The second-order valence-corrected chi connectivity index (χ2v) is 6.01. The predicted molar refractivity (Wildman–Crippen MR) is 93.2 cm³/mol. The van der Waals surface area contributed by atoms with E-state index in [1.54, 1.807) is 6.33 Å². The SMILES string of the molecule is C(#C[C@H]1CCCN1c1ncnc2nc[nH]c12)Oc1cccc2oc[nH+]c12. The zero-order chi connectivity index (χ0) is 17.3. The molecule has 0 radical (unpaired) electrons. The number of ether oxygens (including phenoxy) is 1. The van der Waals surface area contributed by atoms with Gasteiger partial charge in [0.15, 0.2) is 11.5 Å². The van der Waals surface area contributed by atoms with Gasteiger partial charge in [-0.05, 0) is 30.9 Å². The summed E-state index contributed by atoms with van der Waals surface area (Å²) in [6.45, 7) is 0.884. The number of para-hydroxylation sites is 1. The van der Waals surface area contributed by atoms with Crippen LogP contribution in [-0.4, -0.2) is 32.5 Å². The Hall–Kier alpha value is -3.60. The molecule has 1 aromatic carbocycles. The molecule has 3 aromatic heterocycles. The lowest BCUT2D eigenvalue weighted by atomic mass is 10.2. The maximum atomic E-state index is 5.66. The number of hydrogen-bond acceptors (Lipinski definition) is 6. The Morgan fingerprint density at radius 2 is 2.31 bits per heavy atom. The first kappa shape index (κ1) is 14.7. The van der Waals surface area contributed by atoms with E-state index < -0.39 is 0 Å². The summed E-state index contributed by atoms with van der Waals surface area (Å²) in [5.41, 5.74) is 3.02. The Balaban J connectivity index is 1.41. The summed E-state index contributed by atoms with van der Waals surface area (Å²) in [6.07, 6.45) is 9.53. The van der Waals surface area contributed by atoms with Gasteiger partial charge >= 0.3 is 6.39 Å². The van der Waals surface area contributed by atoms with Crippen LogP contribution in [0.15, 0.2) is 41.7 Å². The molecule has 0 unspecified atom stereocenters. The van der Waals surface area contributed by atoms with Crippen molar-refractivity contribution in [1.82, 2.24) is 19.9 Å². The number of fused-ring (bicyclic) bond motifs is 2. The largest absolute Gasteiger partial charge is 0.403 e. The van der Waals surface area contributed by atoms with E-state index >= 15 is 0 Å². The number of aromatic amines is 2. The highest BCUT2D eigenvalue weighted by atomic mass is 16.5. The maximum absolute atomic E-state index is 5.66. The molecular weight excluding hydrogens is 332 g/mol. The lowest BCUT2D eigenvalue weighted by Gasteiger charge is -2.21. The van der Waals surface area contributed by atoms with Gasteiger partial charge in [0.05, 0.1) is 12.4 Å². The van der Waals surface area contributed by atoms with Crippen LogP contribution in [-0.2, 0) is 0 Å². The molecule has 0 spiro atoms. The Kier molecular flexibility index (Phi) is 3.42. The number of rotatable bonds is 2. The van der Waals surface area contributed by atoms with Crippen LogP contribution in [0.5, 0.6) is 5.75 Å². The first-order chi connectivity index (χ1) is 12.9. The third kappa shape index (κ3) is 2.41. The molecule has 8 heteroatoms. The Labute approximate surface area is 148 Å². The van der Waals surface area contributed by atoms with Crippen LogP contribution in [0.2, 0.25) is 0 Å². The average molecular weight is 347 g/mol. The van der Waals surface area contributed by atoms with Gasteiger partial charge in [-0.1, -0.05) is 6.07 Å². The lowest BCUT2D eigenvalue weighted by molar-refractivity contribution is -0.354. The van der Waals surface area contributed by atoms with Crippen LogP contribution in [0.1, 0.15) is 12.8 Å². The number of nitrogens with one attached hydrogen (secondary N) is 2. The molecule has 4 heterocycles. The van der Waals surface area contributed by atoms with E-state index in [9.17, 15) is 0 Å². The molecule has 8 nitrogen and oxygen atoms in total. The number of imidazole rings is 1. The summed E-state index contributed by atoms with van der Waals surface area (Å²) >= 11 is 0. The topological polar surface area (TPSA) is 94.2 Å². The van der Waals surface area contributed by atoms with Crippen molar-refractivity contribution in [2.75, 3.05) is 11.4 Å². The van der Waals surface area contributed by atoms with E-state index in [-0.39, 0.29) is 6.04 Å². The molecule has 2 N–H and O–H groups in total. The molecule has 1 saturated heterocycles. The highest BCUT2D eigenvalue weighted by Crippen LogP contribution is 2.27. The standard InChI is InChI=1S/C18H14N6O2/c1-4-13(15-14(5-1)26-11-23-15)25-8-6-12-3-2-7-24(12)18-16-17(20-9-19-16)21-10-22-18/h1,4-5,9-12H,2-3,7H2,(H,19,20,21,22)/p+1/t12-/m1/s1. The Morgan fingerprint density at radius 1 is 1.31 bits per heavy atom. The molecule has 1 fully saturated rings. The van der Waals surface area contributed by atoms with Crippen molar-refractivity contribution in [2.45, 2.75) is 18.9 Å². The molecule has 5 rings (SSSR count). The molecule has 0 saturated carbocycles. The van der Waals surface area contributed by atoms with Crippen molar-refractivity contribution >= 4 is 28.1 Å². The first-order valence-corrected chi connectivity index (χ1v) is 8.36. The molecular formula is C18H15N6O2+. The molecule has 1 aliphatic rings. The van der Waals surface area contributed by atoms with Gasteiger partial charge in [0.2, 0.25) is 11.3 Å². The minimum Gasteiger partial charge on any atom is -0.403 e. The molecule has 128 valence electrons. The van der Waals surface area contributed by atoms with E-state index in [1.807, 2.05) is 18.2 Å². The Bertz CT molecular complexity index is 1140. The van der Waals surface area contributed by atoms with Gasteiger partial charge in [-0.15, -0.1) is 0 Å². The van der Waals surface area contributed by atoms with Gasteiger partial charge in [-0.2, -0.15) is 4.98 Å². The number of anilines is 1. The van der Waals surface area contributed by atoms with Crippen molar-refractivity contribution in [1.29, 1.82) is 0 Å². The Morgan fingerprint density at radius 3 is 3.31 bits per heavy atom. The zero-order valence-corrected chi connectivity index (χ0v) is 13.8. The van der Waals surface area contributed by atoms with E-state index in [2.05, 4.69) is 41.8 Å². The average Bonchev–Trinajstić information content (AvgIpc) is 3.41. The number of aromatic nitrogens is 5. The number of hydrogen-bond donors (Lipinski definition) is 1. The van der Waals surface area contributed by atoms with Gasteiger partial charge in [-0.25, -0.2) is 15.0 Å². The summed E-state index contributed by atoms with van der Waals surface area (Å²) in [7, 11) is 0. The minimum absolute atomic E-state index is 0.0314. The molecule has 1 atom stereocenters. The summed E-state index contributed by atoms with van der Waals surface area (Å²) in [5, 5.41) is 0. The fourth-order valence-electron chi connectivity index (χ4n) is 3.28. The van der Waals surface area contributed by atoms with Crippen LogP contribution < -0.4 is 14.6 Å². The normalized spacial score (nSPS) is 16.8. The van der Waals surface area contributed by atoms with Gasteiger partial charge in [0.1, 0.15) is 18.0 Å². The molecule has 4 aromatic rings. The van der Waals surface area contributed by atoms with E-state index in [4.69, 9.17) is 9.15 Å². The molecule has 0 bridgehead atoms. The maximum Gasteiger partial charge on any atom is 0.333 e. The van der Waals surface area contributed by atoms with Crippen molar-refractivity contribution in [3.63, 3.8) is 0 Å².